The average molecular weight is 509 g/mol. The van der Waals surface area contributed by atoms with E-state index in [9.17, 15) is 9.90 Å². The Hall–Kier alpha value is -2.39. The van der Waals surface area contributed by atoms with Crippen LogP contribution in [0.2, 0.25) is 0 Å². The van der Waals surface area contributed by atoms with Gasteiger partial charge in [0, 0.05) is 26.5 Å². The Morgan fingerprint density at radius 1 is 1.05 bits per heavy atom. The highest BCUT2D eigenvalue weighted by atomic mass is 16.7. The molecule has 4 rings (SSSR count). The summed E-state index contributed by atoms with van der Waals surface area (Å²) in [6.07, 6.45) is 0.402. The number of carbonyl (C=O) groups is 1. The van der Waals surface area contributed by atoms with Crippen LogP contribution in [0.15, 0.2) is 54.6 Å². The zero-order chi connectivity index (χ0) is 27.1. The van der Waals surface area contributed by atoms with Crippen molar-refractivity contribution >= 4 is 18.7 Å². The number of hydrogen-bond donors (Lipinski definition) is 1. The molecule has 2 unspecified atom stereocenters. The third-order valence-electron chi connectivity index (χ3n) is 8.11. The molecule has 2 aliphatic rings. The molecule has 2 fully saturated rings. The second kappa shape index (κ2) is 10.1. The molecule has 37 heavy (non-hydrogen) atoms. The van der Waals surface area contributed by atoms with E-state index in [4.69, 9.17) is 18.8 Å². The molecule has 0 saturated carbocycles. The molecule has 0 aromatic heterocycles. The van der Waals surface area contributed by atoms with Crippen LogP contribution in [0, 0.1) is 0 Å². The van der Waals surface area contributed by atoms with E-state index in [1.807, 2.05) is 89.2 Å². The maximum absolute atomic E-state index is 13.4. The highest BCUT2D eigenvalue weighted by molar-refractivity contribution is 6.62. The molecule has 2 heterocycles. The van der Waals surface area contributed by atoms with Crippen molar-refractivity contribution in [3.8, 4) is 0 Å². The molecule has 7 nitrogen and oxygen atoms in total. The second-order valence-corrected chi connectivity index (χ2v) is 11.7. The standard InChI is InChI=1S/C29H40BNO6/c1-21(22-13-15-24(16-14-22)30-36-26(2,3)27(4,5)37-30)31-18-17-29(35-25(31)32,19-28(6,33)20-34-7)23-11-9-8-10-12-23/h8-16,21,33H,17-20H2,1-7H3/t21-,28?,29?/m0/s1. The monoisotopic (exact) mass is 509 g/mol. The van der Waals surface area contributed by atoms with Gasteiger partial charge in [0.25, 0.3) is 0 Å². The first-order valence-corrected chi connectivity index (χ1v) is 13.0. The number of rotatable bonds is 8. The lowest BCUT2D eigenvalue weighted by molar-refractivity contribution is -0.121. The van der Waals surface area contributed by atoms with Crippen molar-refractivity contribution in [3.05, 3.63) is 65.7 Å². The number of nitrogens with zero attached hydrogens (tertiary/aromatic N) is 1. The van der Waals surface area contributed by atoms with E-state index in [1.54, 1.807) is 18.9 Å². The fourth-order valence-corrected chi connectivity index (χ4v) is 5.26. The third-order valence-corrected chi connectivity index (χ3v) is 8.11. The van der Waals surface area contributed by atoms with Gasteiger partial charge in [-0.2, -0.15) is 0 Å². The molecule has 2 aromatic rings. The Morgan fingerprint density at radius 2 is 1.65 bits per heavy atom. The Kier molecular flexibility index (Phi) is 7.52. The number of benzene rings is 2. The van der Waals surface area contributed by atoms with Crippen LogP contribution in [0.4, 0.5) is 4.79 Å². The zero-order valence-electron chi connectivity index (χ0n) is 23.1. The van der Waals surface area contributed by atoms with E-state index in [-0.39, 0.29) is 19.1 Å². The number of ether oxygens (including phenoxy) is 2. The summed E-state index contributed by atoms with van der Waals surface area (Å²) >= 11 is 0. The number of hydrogen-bond acceptors (Lipinski definition) is 6. The Balaban J connectivity index is 1.50. The zero-order valence-corrected chi connectivity index (χ0v) is 23.1. The van der Waals surface area contributed by atoms with Gasteiger partial charge in [-0.1, -0.05) is 54.6 Å². The highest BCUT2D eigenvalue weighted by Crippen LogP contribution is 2.42. The lowest BCUT2D eigenvalue weighted by atomic mass is 9.78. The average Bonchev–Trinajstić information content (AvgIpc) is 3.06. The van der Waals surface area contributed by atoms with E-state index < -0.39 is 35.6 Å². The predicted molar refractivity (Wildman–Crippen MR) is 144 cm³/mol. The van der Waals surface area contributed by atoms with Gasteiger partial charge in [0.2, 0.25) is 0 Å². The van der Waals surface area contributed by atoms with E-state index in [0.29, 0.717) is 13.0 Å². The van der Waals surface area contributed by atoms with Gasteiger partial charge in [-0.05, 0) is 58.1 Å². The van der Waals surface area contributed by atoms with Crippen molar-refractivity contribution in [2.45, 2.75) is 82.8 Å². The summed E-state index contributed by atoms with van der Waals surface area (Å²) in [5.74, 6) is 0. The molecule has 1 N–H and O–H groups in total. The van der Waals surface area contributed by atoms with Gasteiger partial charge in [-0.15, -0.1) is 0 Å². The Labute approximate surface area is 221 Å². The van der Waals surface area contributed by atoms with Crippen LogP contribution in [0.5, 0.6) is 0 Å². The Morgan fingerprint density at radius 3 is 2.19 bits per heavy atom. The minimum absolute atomic E-state index is 0.147. The highest BCUT2D eigenvalue weighted by Gasteiger charge is 2.52. The normalized spacial score (nSPS) is 25.5. The van der Waals surface area contributed by atoms with Crippen LogP contribution in [0.1, 0.15) is 71.6 Å². The number of carbonyl (C=O) groups excluding carboxylic acids is 1. The van der Waals surface area contributed by atoms with E-state index in [2.05, 4.69) is 0 Å². The van der Waals surface area contributed by atoms with Gasteiger partial charge < -0.3 is 28.8 Å². The molecule has 2 aliphatic heterocycles. The van der Waals surface area contributed by atoms with Crippen LogP contribution < -0.4 is 5.46 Å². The maximum atomic E-state index is 13.4. The number of cyclic esters (lactones) is 1. The minimum Gasteiger partial charge on any atom is -0.438 e. The SMILES string of the molecule is COCC(C)(O)CC1(c2ccccc2)CCN([C@@H](C)c2ccc(B3OC(C)(C)C(C)(C)O3)cc2)C(=O)O1. The minimum atomic E-state index is -1.15. The molecule has 2 aromatic carbocycles. The molecule has 3 atom stereocenters. The Bertz CT molecular complexity index is 1070. The quantitative estimate of drug-likeness (QED) is 0.526. The van der Waals surface area contributed by atoms with Crippen molar-refractivity contribution in [3.63, 3.8) is 0 Å². The lowest BCUT2D eigenvalue weighted by Crippen LogP contribution is -2.52. The van der Waals surface area contributed by atoms with Gasteiger partial charge in [0.1, 0.15) is 5.60 Å². The summed E-state index contributed by atoms with van der Waals surface area (Å²) < 4.78 is 23.7. The van der Waals surface area contributed by atoms with Gasteiger partial charge in [-0.25, -0.2) is 4.79 Å². The fourth-order valence-electron chi connectivity index (χ4n) is 5.26. The molecule has 1 amide bonds. The maximum Gasteiger partial charge on any atom is 0.494 e. The summed E-state index contributed by atoms with van der Waals surface area (Å²) in [7, 11) is 1.12. The lowest BCUT2D eigenvalue weighted by Gasteiger charge is -2.46. The molecule has 2 saturated heterocycles. The van der Waals surface area contributed by atoms with Crippen molar-refractivity contribution in [1.29, 1.82) is 0 Å². The van der Waals surface area contributed by atoms with E-state index in [0.717, 1.165) is 16.6 Å². The van der Waals surface area contributed by atoms with Gasteiger partial charge >= 0.3 is 13.2 Å². The van der Waals surface area contributed by atoms with Crippen LogP contribution >= 0.6 is 0 Å². The van der Waals surface area contributed by atoms with Crippen LogP contribution in [0.25, 0.3) is 0 Å². The predicted octanol–water partition coefficient (Wildman–Crippen LogP) is 4.57. The summed E-state index contributed by atoms with van der Waals surface area (Å²) in [4.78, 5) is 15.2. The number of amides is 1. The molecular weight excluding hydrogens is 469 g/mol. The van der Waals surface area contributed by atoms with E-state index >= 15 is 0 Å². The molecule has 0 spiro atoms. The van der Waals surface area contributed by atoms with Crippen molar-refractivity contribution in [1.82, 2.24) is 4.90 Å². The molecule has 200 valence electrons. The van der Waals surface area contributed by atoms with Crippen LogP contribution in [0.3, 0.4) is 0 Å². The smallest absolute Gasteiger partial charge is 0.438 e. The number of aliphatic hydroxyl groups is 1. The molecule has 0 radical (unpaired) electrons. The van der Waals surface area contributed by atoms with Gasteiger partial charge in [-0.3, -0.25) is 0 Å². The molecular formula is C29H40BNO6. The van der Waals surface area contributed by atoms with Crippen molar-refractivity contribution in [2.24, 2.45) is 0 Å². The third kappa shape index (κ3) is 5.58. The van der Waals surface area contributed by atoms with Crippen LogP contribution in [-0.2, 0) is 24.4 Å². The summed E-state index contributed by atoms with van der Waals surface area (Å²) in [5.41, 5.74) is -0.0752. The first-order valence-electron chi connectivity index (χ1n) is 13.0. The fraction of sp³-hybridized carbons (Fsp3) is 0.552. The molecule has 0 bridgehead atoms. The first kappa shape index (κ1) is 27.6. The second-order valence-electron chi connectivity index (χ2n) is 11.7. The van der Waals surface area contributed by atoms with Gasteiger partial charge in [0.05, 0.1) is 29.5 Å². The largest absolute Gasteiger partial charge is 0.494 e. The van der Waals surface area contributed by atoms with Crippen molar-refractivity contribution in [2.75, 3.05) is 20.3 Å². The molecule has 8 heteroatoms. The van der Waals surface area contributed by atoms with Crippen LogP contribution in [-0.4, -0.2) is 60.3 Å². The van der Waals surface area contributed by atoms with E-state index in [1.165, 1.54) is 0 Å². The summed E-state index contributed by atoms with van der Waals surface area (Å²) in [5, 5.41) is 11.0. The topological polar surface area (TPSA) is 77.5 Å². The molecule has 0 aliphatic carbocycles. The van der Waals surface area contributed by atoms with Gasteiger partial charge in [0.15, 0.2) is 0 Å². The number of methoxy groups -OCH3 is 1. The van der Waals surface area contributed by atoms with Crippen molar-refractivity contribution < 1.29 is 28.7 Å². The summed E-state index contributed by atoms with van der Waals surface area (Å²) in [6.45, 7) is 12.5. The summed E-state index contributed by atoms with van der Waals surface area (Å²) in [6, 6.07) is 17.5. The first-order chi connectivity index (χ1) is 17.3.